The van der Waals surface area contributed by atoms with Crippen LogP contribution in [0.1, 0.15) is 25.7 Å². The smallest absolute Gasteiger partial charge is 0.315 e. The largest absolute Gasteiger partial charge is 0.442 e. The van der Waals surface area contributed by atoms with Gasteiger partial charge in [-0.3, -0.25) is 0 Å². The Morgan fingerprint density at radius 2 is 1.11 bits per heavy atom. The highest BCUT2D eigenvalue weighted by molar-refractivity contribution is 7.80. The van der Waals surface area contributed by atoms with Crippen molar-refractivity contribution in [3.63, 3.8) is 0 Å². The minimum atomic E-state index is -2.30. The van der Waals surface area contributed by atoms with E-state index in [2.05, 4.69) is 76.7 Å². The number of hydrogen-bond acceptors (Lipinski definition) is 7. The van der Waals surface area contributed by atoms with Gasteiger partial charge in [-0.2, -0.15) is 50.5 Å². The van der Waals surface area contributed by atoms with E-state index in [4.69, 9.17) is 12.3 Å². The monoisotopic (exact) mass is 522 g/mol. The molecule has 0 aromatic carbocycles. The molecule has 164 valence electrons. The minimum Gasteiger partial charge on any atom is -0.442 e. The van der Waals surface area contributed by atoms with E-state index >= 15 is 0 Å². The zero-order valence-corrected chi connectivity index (χ0v) is 25.7. The maximum atomic E-state index is 6.92. The van der Waals surface area contributed by atoms with Gasteiger partial charge in [0.2, 0.25) is 0 Å². The van der Waals surface area contributed by atoms with Gasteiger partial charge < -0.3 is 12.3 Å². The maximum absolute atomic E-state index is 6.92. The number of rotatable bonds is 18. The zero-order chi connectivity index (χ0) is 20.8. The van der Waals surface area contributed by atoms with E-state index in [9.17, 15) is 0 Å². The molecule has 0 aliphatic heterocycles. The van der Waals surface area contributed by atoms with Crippen molar-refractivity contribution in [1.29, 1.82) is 0 Å². The first kappa shape index (κ1) is 29.1. The Balaban J connectivity index is 5.20. The van der Waals surface area contributed by atoms with Gasteiger partial charge in [-0.05, 0) is 99.1 Å². The van der Waals surface area contributed by atoms with Crippen molar-refractivity contribution >= 4 is 85.7 Å². The molecule has 0 fully saturated rings. The predicted octanol–water partition coefficient (Wildman–Crippen LogP) is 5.17. The molecule has 0 saturated carbocycles. The molecule has 2 atom stereocenters. The third-order valence-electron chi connectivity index (χ3n) is 4.40. The molecule has 0 aliphatic rings. The molecule has 27 heavy (non-hydrogen) atoms. The average molecular weight is 523 g/mol. The lowest BCUT2D eigenvalue weighted by molar-refractivity contribution is 0.320. The van der Waals surface area contributed by atoms with E-state index in [1.54, 1.807) is 0 Å². The molecule has 0 aromatic heterocycles. The van der Waals surface area contributed by atoms with Crippen LogP contribution in [0.25, 0.3) is 0 Å². The first-order valence-corrected chi connectivity index (χ1v) is 22.4. The fourth-order valence-corrected chi connectivity index (χ4v) is 22.5. The van der Waals surface area contributed by atoms with E-state index in [1.165, 1.54) is 6.04 Å². The second kappa shape index (κ2) is 15.9. The van der Waals surface area contributed by atoms with Crippen molar-refractivity contribution in [3.05, 3.63) is 0 Å². The van der Waals surface area contributed by atoms with Crippen molar-refractivity contribution in [2.75, 3.05) is 23.0 Å². The molecule has 0 spiro atoms. The van der Waals surface area contributed by atoms with Crippen molar-refractivity contribution < 1.29 is 12.3 Å². The summed E-state index contributed by atoms with van der Waals surface area (Å²) >= 11 is 17.5. The molecule has 0 rings (SSSR count). The van der Waals surface area contributed by atoms with Crippen LogP contribution in [0.5, 0.6) is 0 Å². The standard InChI is InChI=1S/C16H42O3S4Si4/c1-25(2,14-6-10-21)18-27(4,16-8-12-23)19-26(3,15-7-11-22)17-24-13-5-9-20/h20-23H,5-16,24H2,1-4H3. The van der Waals surface area contributed by atoms with Crippen LogP contribution in [0.4, 0.5) is 0 Å². The SMILES string of the molecule is C[Si](C)(CCCS)O[Si](C)(CCCS)O[Si](C)(CCCS)O[SiH2]CCCS. The Bertz CT molecular complexity index is 386. The Morgan fingerprint density at radius 1 is 0.630 bits per heavy atom. The summed E-state index contributed by atoms with van der Waals surface area (Å²) in [5, 5.41) is 0. The molecule has 2 unspecified atom stereocenters. The van der Waals surface area contributed by atoms with Crippen LogP contribution in [0, 0.1) is 0 Å². The van der Waals surface area contributed by atoms with Crippen molar-refractivity contribution in [1.82, 2.24) is 0 Å². The van der Waals surface area contributed by atoms with Crippen molar-refractivity contribution in [3.8, 4) is 0 Å². The summed E-state index contributed by atoms with van der Waals surface area (Å²) in [5.74, 6) is 3.62. The Labute approximate surface area is 196 Å². The van der Waals surface area contributed by atoms with Gasteiger partial charge in [0.05, 0.1) is 0 Å². The maximum Gasteiger partial charge on any atom is 0.315 e. The molecule has 0 bridgehead atoms. The van der Waals surface area contributed by atoms with Gasteiger partial charge in [0.1, 0.15) is 9.76 Å². The highest BCUT2D eigenvalue weighted by Gasteiger charge is 2.45. The van der Waals surface area contributed by atoms with Crippen LogP contribution in [-0.2, 0) is 12.3 Å². The Kier molecular flexibility index (Phi) is 17.1. The van der Waals surface area contributed by atoms with Gasteiger partial charge in [0.15, 0.2) is 8.32 Å². The predicted molar refractivity (Wildman–Crippen MR) is 146 cm³/mol. The molecule has 0 aliphatic carbocycles. The molecular weight excluding hydrogens is 481 g/mol. The van der Waals surface area contributed by atoms with Crippen LogP contribution in [-0.4, -0.2) is 58.2 Å². The highest BCUT2D eigenvalue weighted by atomic mass is 32.1. The molecule has 11 heteroatoms. The first-order chi connectivity index (χ1) is 12.7. The number of hydrogen-bond donors (Lipinski definition) is 4. The van der Waals surface area contributed by atoms with Crippen LogP contribution in [0.15, 0.2) is 0 Å². The number of thiol groups is 4. The second-order valence-electron chi connectivity index (χ2n) is 7.99. The van der Waals surface area contributed by atoms with E-state index in [1.807, 2.05) is 0 Å². The third kappa shape index (κ3) is 14.7. The summed E-state index contributed by atoms with van der Waals surface area (Å²) in [6.07, 6.45) is 4.34. The summed E-state index contributed by atoms with van der Waals surface area (Å²) in [6.45, 7) is 9.15. The molecular formula is C16H42O3S4Si4. The molecule has 0 saturated heterocycles. The van der Waals surface area contributed by atoms with Gasteiger partial charge in [-0.25, -0.2) is 0 Å². The minimum absolute atomic E-state index is 0.559. The molecule has 3 nitrogen and oxygen atoms in total. The third-order valence-corrected chi connectivity index (χ3v) is 21.2. The van der Waals surface area contributed by atoms with Crippen LogP contribution >= 0.6 is 50.5 Å². The van der Waals surface area contributed by atoms with Gasteiger partial charge >= 0.3 is 17.1 Å². The second-order valence-corrected chi connectivity index (χ2v) is 23.2. The molecule has 0 radical (unpaired) electrons. The van der Waals surface area contributed by atoms with E-state index in [0.717, 1.165) is 66.8 Å². The summed E-state index contributed by atoms with van der Waals surface area (Å²) in [4.78, 5) is 0. The topological polar surface area (TPSA) is 27.7 Å². The first-order valence-electron chi connectivity index (χ1n) is 10.1. The molecule has 0 heterocycles. The Morgan fingerprint density at radius 3 is 1.63 bits per heavy atom. The van der Waals surface area contributed by atoms with E-state index < -0.39 is 35.2 Å². The fourth-order valence-electron chi connectivity index (χ4n) is 3.17. The molecule has 0 N–H and O–H groups in total. The molecule has 0 amide bonds. The lowest BCUT2D eigenvalue weighted by Crippen LogP contribution is -2.56. The van der Waals surface area contributed by atoms with Crippen LogP contribution in [0.2, 0.25) is 50.4 Å². The van der Waals surface area contributed by atoms with Crippen molar-refractivity contribution in [2.45, 2.75) is 76.0 Å². The summed E-state index contributed by atoms with van der Waals surface area (Å²) in [5.41, 5.74) is 0. The van der Waals surface area contributed by atoms with Crippen LogP contribution < -0.4 is 0 Å². The lowest BCUT2D eigenvalue weighted by Gasteiger charge is -2.42. The lowest BCUT2D eigenvalue weighted by atomic mass is 10.6. The summed E-state index contributed by atoms with van der Waals surface area (Å²) < 4.78 is 20.3. The van der Waals surface area contributed by atoms with Crippen LogP contribution in [0.3, 0.4) is 0 Å². The quantitative estimate of drug-likeness (QED) is 0.114. The van der Waals surface area contributed by atoms with Gasteiger partial charge in [-0.1, -0.05) is 0 Å². The molecule has 0 aromatic rings. The summed E-state index contributed by atoms with van der Waals surface area (Å²) in [7, 11) is -6.86. The van der Waals surface area contributed by atoms with Crippen molar-refractivity contribution in [2.24, 2.45) is 0 Å². The normalized spacial score (nSPS) is 17.3. The summed E-state index contributed by atoms with van der Waals surface area (Å²) in [6, 6.07) is 4.32. The van der Waals surface area contributed by atoms with Gasteiger partial charge in [-0.15, -0.1) is 0 Å². The zero-order valence-electron chi connectivity index (χ0n) is 17.7. The van der Waals surface area contributed by atoms with Gasteiger partial charge in [0.25, 0.3) is 0 Å². The van der Waals surface area contributed by atoms with E-state index in [-0.39, 0.29) is 0 Å². The van der Waals surface area contributed by atoms with E-state index in [0.29, 0.717) is 0 Å². The fraction of sp³-hybridized carbons (Fsp3) is 1.00. The average Bonchev–Trinajstić information content (AvgIpc) is 2.60. The Hall–Kier alpha value is 2.15. The highest BCUT2D eigenvalue weighted by Crippen LogP contribution is 2.30. The van der Waals surface area contributed by atoms with Gasteiger partial charge in [0, 0.05) is 0 Å².